The average Bonchev–Trinajstić information content (AvgIpc) is 3.63. The quantitative estimate of drug-likeness (QED) is 0.378. The zero-order chi connectivity index (χ0) is 23.3. The molecule has 1 saturated carbocycles. The number of furan rings is 1. The molecular weight excluding hydrogens is 455 g/mol. The normalized spacial score (nSPS) is 18.9. The highest BCUT2D eigenvalue weighted by Crippen LogP contribution is 2.34. The standard InChI is InChI=1S/C25H27FN4O3S/c26-19-11-9-18(10-12-19)21-15-20(22-7-4-14-32-22)29-30(21)24(31)16-34-25-28-27-23(33-25)13-8-17-5-2-1-3-6-17/h4,7,9-12,14,17,21H,1-3,5-6,8,13,15-16H2. The predicted octanol–water partition coefficient (Wildman–Crippen LogP) is 5.78. The molecule has 1 fully saturated rings. The highest BCUT2D eigenvalue weighted by atomic mass is 32.2. The van der Waals surface area contributed by atoms with Crippen molar-refractivity contribution in [3.8, 4) is 0 Å². The number of carbonyl (C=O) groups excluding carboxylic acids is 1. The molecule has 1 aliphatic heterocycles. The highest BCUT2D eigenvalue weighted by molar-refractivity contribution is 7.99. The van der Waals surface area contributed by atoms with Gasteiger partial charge in [-0.25, -0.2) is 9.40 Å². The number of nitrogens with zero attached hydrogens (tertiary/aromatic N) is 4. The fourth-order valence-electron chi connectivity index (χ4n) is 4.67. The number of benzene rings is 1. The Hall–Kier alpha value is -2.94. The smallest absolute Gasteiger partial charge is 0.277 e. The van der Waals surface area contributed by atoms with E-state index in [-0.39, 0.29) is 23.5 Å². The van der Waals surface area contributed by atoms with Crippen LogP contribution in [0.5, 0.6) is 0 Å². The minimum absolute atomic E-state index is 0.108. The maximum Gasteiger partial charge on any atom is 0.277 e. The van der Waals surface area contributed by atoms with Crippen molar-refractivity contribution in [1.29, 1.82) is 0 Å². The maximum atomic E-state index is 13.4. The van der Waals surface area contributed by atoms with Gasteiger partial charge in [-0.3, -0.25) is 4.79 Å². The van der Waals surface area contributed by atoms with Crippen LogP contribution in [0.25, 0.3) is 0 Å². The summed E-state index contributed by atoms with van der Waals surface area (Å²) in [5, 5.41) is 14.6. The maximum absolute atomic E-state index is 13.4. The molecular formula is C25H27FN4O3S. The Morgan fingerprint density at radius 2 is 1.94 bits per heavy atom. The first-order valence-corrected chi connectivity index (χ1v) is 12.8. The van der Waals surface area contributed by atoms with Crippen molar-refractivity contribution in [1.82, 2.24) is 15.2 Å². The molecule has 3 heterocycles. The lowest BCUT2D eigenvalue weighted by Crippen LogP contribution is -2.28. The van der Waals surface area contributed by atoms with Gasteiger partial charge in [0.05, 0.1) is 18.1 Å². The van der Waals surface area contributed by atoms with E-state index in [9.17, 15) is 9.18 Å². The largest absolute Gasteiger partial charge is 0.463 e. The summed E-state index contributed by atoms with van der Waals surface area (Å²) in [7, 11) is 0. The van der Waals surface area contributed by atoms with Crippen LogP contribution >= 0.6 is 11.8 Å². The summed E-state index contributed by atoms with van der Waals surface area (Å²) >= 11 is 1.21. The summed E-state index contributed by atoms with van der Waals surface area (Å²) in [4.78, 5) is 13.1. The van der Waals surface area contributed by atoms with Crippen molar-refractivity contribution in [3.63, 3.8) is 0 Å². The van der Waals surface area contributed by atoms with Crippen LogP contribution in [0.3, 0.4) is 0 Å². The zero-order valence-corrected chi connectivity index (χ0v) is 19.7. The minimum atomic E-state index is -0.331. The monoisotopic (exact) mass is 482 g/mol. The van der Waals surface area contributed by atoms with Gasteiger partial charge in [0.15, 0.2) is 0 Å². The second-order valence-electron chi connectivity index (χ2n) is 8.83. The average molecular weight is 483 g/mol. The van der Waals surface area contributed by atoms with Crippen LogP contribution in [0.1, 0.15) is 68.2 Å². The molecule has 1 atom stereocenters. The van der Waals surface area contributed by atoms with E-state index >= 15 is 0 Å². The molecule has 1 amide bonds. The summed E-state index contributed by atoms with van der Waals surface area (Å²) in [6.07, 6.45) is 10.5. The van der Waals surface area contributed by atoms with E-state index < -0.39 is 0 Å². The third kappa shape index (κ3) is 5.41. The topological polar surface area (TPSA) is 84.7 Å². The van der Waals surface area contributed by atoms with Crippen molar-refractivity contribution in [2.75, 3.05) is 5.75 Å². The van der Waals surface area contributed by atoms with Crippen LogP contribution in [-0.4, -0.2) is 32.6 Å². The number of thioether (sulfide) groups is 1. The number of aryl methyl sites for hydroxylation is 1. The highest BCUT2D eigenvalue weighted by Gasteiger charge is 2.34. The molecule has 1 unspecified atom stereocenters. The molecule has 0 saturated heterocycles. The van der Waals surface area contributed by atoms with Crippen LogP contribution in [0.4, 0.5) is 4.39 Å². The van der Waals surface area contributed by atoms with Gasteiger partial charge < -0.3 is 8.83 Å². The van der Waals surface area contributed by atoms with E-state index in [4.69, 9.17) is 8.83 Å². The van der Waals surface area contributed by atoms with Gasteiger partial charge in [0.1, 0.15) is 17.3 Å². The number of carbonyl (C=O) groups is 1. The van der Waals surface area contributed by atoms with Gasteiger partial charge in [-0.2, -0.15) is 5.10 Å². The Morgan fingerprint density at radius 1 is 1.12 bits per heavy atom. The molecule has 0 N–H and O–H groups in total. The van der Waals surface area contributed by atoms with Gasteiger partial charge in [-0.05, 0) is 42.2 Å². The third-order valence-electron chi connectivity index (χ3n) is 6.48. The molecule has 0 spiro atoms. The number of aromatic nitrogens is 2. The Kier molecular flexibility index (Phi) is 7.08. The SMILES string of the molecule is O=C(CSc1nnc(CCC2CCCCC2)o1)N1N=C(c2ccco2)CC1c1ccc(F)cc1. The van der Waals surface area contributed by atoms with E-state index in [2.05, 4.69) is 15.3 Å². The van der Waals surface area contributed by atoms with Crippen LogP contribution < -0.4 is 0 Å². The van der Waals surface area contributed by atoms with Crippen molar-refractivity contribution >= 4 is 23.4 Å². The molecule has 7 nitrogen and oxygen atoms in total. The first-order chi connectivity index (χ1) is 16.7. The van der Waals surface area contributed by atoms with Gasteiger partial charge in [-0.1, -0.05) is 56.0 Å². The molecule has 2 aromatic heterocycles. The molecule has 1 aliphatic carbocycles. The van der Waals surface area contributed by atoms with Gasteiger partial charge in [0.25, 0.3) is 11.1 Å². The van der Waals surface area contributed by atoms with Gasteiger partial charge in [0.2, 0.25) is 5.89 Å². The van der Waals surface area contributed by atoms with E-state index in [1.54, 1.807) is 24.5 Å². The van der Waals surface area contributed by atoms with Crippen LogP contribution in [0.15, 0.2) is 61.8 Å². The lowest BCUT2D eigenvalue weighted by atomic mass is 9.86. The number of halogens is 1. The Labute approximate surface area is 201 Å². The van der Waals surface area contributed by atoms with Gasteiger partial charge in [0, 0.05) is 12.8 Å². The molecule has 0 bridgehead atoms. The van der Waals surface area contributed by atoms with Gasteiger partial charge >= 0.3 is 0 Å². The molecule has 2 aliphatic rings. The summed E-state index contributed by atoms with van der Waals surface area (Å²) in [6.45, 7) is 0. The molecule has 34 heavy (non-hydrogen) atoms. The second-order valence-corrected chi connectivity index (χ2v) is 9.75. The van der Waals surface area contributed by atoms with Crippen molar-refractivity contribution in [2.24, 2.45) is 11.0 Å². The van der Waals surface area contributed by atoms with Crippen molar-refractivity contribution in [2.45, 2.75) is 62.6 Å². The minimum Gasteiger partial charge on any atom is -0.463 e. The first-order valence-electron chi connectivity index (χ1n) is 11.8. The van der Waals surface area contributed by atoms with Crippen LogP contribution in [-0.2, 0) is 11.2 Å². The lowest BCUT2D eigenvalue weighted by Gasteiger charge is -2.21. The predicted molar refractivity (Wildman–Crippen MR) is 126 cm³/mol. The summed E-state index contributed by atoms with van der Waals surface area (Å²) in [5.74, 6) is 1.59. The third-order valence-corrected chi connectivity index (χ3v) is 7.29. The summed E-state index contributed by atoms with van der Waals surface area (Å²) < 4.78 is 24.7. The second kappa shape index (κ2) is 10.5. The van der Waals surface area contributed by atoms with Crippen LogP contribution in [0.2, 0.25) is 0 Å². The van der Waals surface area contributed by atoms with E-state index in [1.807, 2.05) is 6.07 Å². The molecule has 178 valence electrons. The number of hydrogen-bond donors (Lipinski definition) is 0. The Balaban J connectivity index is 1.22. The molecule has 3 aromatic rings. The number of hydrogen-bond acceptors (Lipinski definition) is 7. The number of amides is 1. The fraction of sp³-hybridized carbons (Fsp3) is 0.440. The zero-order valence-electron chi connectivity index (χ0n) is 18.9. The van der Waals surface area contributed by atoms with E-state index in [0.717, 1.165) is 24.3 Å². The van der Waals surface area contributed by atoms with Crippen molar-refractivity contribution in [3.05, 3.63) is 65.7 Å². The molecule has 5 rings (SSSR count). The van der Waals surface area contributed by atoms with Crippen LogP contribution in [0, 0.1) is 11.7 Å². The van der Waals surface area contributed by atoms with Crippen molar-refractivity contribution < 1.29 is 18.0 Å². The van der Waals surface area contributed by atoms with E-state index in [0.29, 0.717) is 29.0 Å². The molecule has 0 radical (unpaired) electrons. The molecule has 1 aromatic carbocycles. The first kappa shape index (κ1) is 22.8. The van der Waals surface area contributed by atoms with E-state index in [1.165, 1.54) is 61.0 Å². The lowest BCUT2D eigenvalue weighted by molar-refractivity contribution is -0.130. The Morgan fingerprint density at radius 3 is 2.71 bits per heavy atom. The molecule has 9 heteroatoms. The Bertz CT molecular complexity index is 1120. The van der Waals surface area contributed by atoms with Gasteiger partial charge in [-0.15, -0.1) is 10.2 Å². The fourth-order valence-corrected chi connectivity index (χ4v) is 5.30. The number of rotatable bonds is 8. The number of hydrazone groups is 1. The summed E-state index contributed by atoms with van der Waals surface area (Å²) in [6, 6.07) is 9.43. The summed E-state index contributed by atoms with van der Waals surface area (Å²) in [5.41, 5.74) is 1.49.